The van der Waals surface area contributed by atoms with Gasteiger partial charge in [0.1, 0.15) is 10.7 Å². The van der Waals surface area contributed by atoms with E-state index in [0.717, 1.165) is 35.3 Å². The lowest BCUT2D eigenvalue weighted by molar-refractivity contribution is 0.599. The van der Waals surface area contributed by atoms with Crippen molar-refractivity contribution in [2.45, 2.75) is 51.5 Å². The Hall–Kier alpha value is -2.72. The summed E-state index contributed by atoms with van der Waals surface area (Å²) in [6.07, 6.45) is 5.32. The Bertz CT molecular complexity index is 1220. The molecule has 0 radical (unpaired) electrons. The minimum absolute atomic E-state index is 0.0678. The molecule has 0 amide bonds. The number of aromatic nitrogens is 2. The second-order valence-electron chi connectivity index (χ2n) is 8.19. The van der Waals surface area contributed by atoms with E-state index < -0.39 is 0 Å². The Labute approximate surface area is 181 Å². The fraction of sp³-hybridized carbons (Fsp3) is 0.308. The van der Waals surface area contributed by atoms with Gasteiger partial charge in [-0.3, -0.25) is 9.36 Å². The van der Waals surface area contributed by atoms with E-state index in [1.165, 1.54) is 34.4 Å². The molecule has 5 rings (SSSR count). The second kappa shape index (κ2) is 8.19. The average Bonchev–Trinajstić information content (AvgIpc) is 3.18. The normalized spacial score (nSPS) is 14.6. The Morgan fingerprint density at radius 3 is 2.47 bits per heavy atom. The van der Waals surface area contributed by atoms with Gasteiger partial charge in [-0.1, -0.05) is 67.6 Å². The molecule has 0 saturated carbocycles. The van der Waals surface area contributed by atoms with Gasteiger partial charge in [0.2, 0.25) is 0 Å². The highest BCUT2D eigenvalue weighted by atomic mass is 32.1. The van der Waals surface area contributed by atoms with Crippen molar-refractivity contribution in [2.24, 2.45) is 0 Å². The summed E-state index contributed by atoms with van der Waals surface area (Å²) in [7, 11) is 0. The Kier molecular flexibility index (Phi) is 5.26. The Morgan fingerprint density at radius 2 is 1.70 bits per heavy atom. The molecule has 4 heteroatoms. The van der Waals surface area contributed by atoms with Crippen molar-refractivity contribution in [2.75, 3.05) is 0 Å². The summed E-state index contributed by atoms with van der Waals surface area (Å²) >= 11 is 1.74. The van der Waals surface area contributed by atoms with Crippen LogP contribution in [0.1, 0.15) is 53.1 Å². The zero-order chi connectivity index (χ0) is 20.5. The zero-order valence-electron chi connectivity index (χ0n) is 17.3. The third-order valence-corrected chi connectivity index (χ3v) is 7.44. The summed E-state index contributed by atoms with van der Waals surface area (Å²) in [6, 6.07) is 20.8. The first-order valence-corrected chi connectivity index (χ1v) is 11.7. The number of thiophene rings is 1. The van der Waals surface area contributed by atoms with Crippen LogP contribution in [0.4, 0.5) is 0 Å². The maximum absolute atomic E-state index is 13.8. The molecule has 2 aromatic heterocycles. The molecule has 1 aliphatic rings. The highest BCUT2D eigenvalue weighted by molar-refractivity contribution is 7.18. The number of aryl methyl sites for hydroxylation is 3. The predicted octanol–water partition coefficient (Wildman–Crippen LogP) is 5.73. The first-order valence-electron chi connectivity index (χ1n) is 10.9. The molecule has 0 bridgehead atoms. The van der Waals surface area contributed by atoms with E-state index in [9.17, 15) is 4.79 Å². The number of benzene rings is 2. The third-order valence-electron chi connectivity index (χ3n) is 6.26. The van der Waals surface area contributed by atoms with Gasteiger partial charge in [0.05, 0.1) is 5.39 Å². The lowest BCUT2D eigenvalue weighted by Crippen LogP contribution is -2.28. The van der Waals surface area contributed by atoms with Gasteiger partial charge >= 0.3 is 0 Å². The van der Waals surface area contributed by atoms with Crippen LogP contribution in [0.15, 0.2) is 65.5 Å². The van der Waals surface area contributed by atoms with Crippen molar-refractivity contribution < 1.29 is 0 Å². The van der Waals surface area contributed by atoms with Gasteiger partial charge < -0.3 is 0 Å². The fourth-order valence-corrected chi connectivity index (χ4v) is 5.84. The monoisotopic (exact) mass is 414 g/mol. The SMILES string of the molecule is C[C@@H](c1ccccc1)c1nc2sc3c(c2c(=O)n1CCc1ccccc1)CCCC3. The quantitative estimate of drug-likeness (QED) is 0.418. The lowest BCUT2D eigenvalue weighted by Gasteiger charge is -2.19. The molecule has 0 saturated heterocycles. The molecule has 0 unspecified atom stereocenters. The molecule has 1 aliphatic carbocycles. The molecule has 0 N–H and O–H groups in total. The van der Waals surface area contributed by atoms with Crippen molar-refractivity contribution in [1.82, 2.24) is 9.55 Å². The van der Waals surface area contributed by atoms with E-state index in [1.807, 2.05) is 16.7 Å². The maximum atomic E-state index is 13.8. The predicted molar refractivity (Wildman–Crippen MR) is 125 cm³/mol. The topological polar surface area (TPSA) is 34.9 Å². The second-order valence-corrected chi connectivity index (χ2v) is 9.27. The van der Waals surface area contributed by atoms with Crippen molar-refractivity contribution in [3.63, 3.8) is 0 Å². The first-order chi connectivity index (χ1) is 14.7. The number of rotatable bonds is 5. The highest BCUT2D eigenvalue weighted by Gasteiger charge is 2.24. The van der Waals surface area contributed by atoms with Crippen molar-refractivity contribution in [3.05, 3.63) is 98.4 Å². The highest BCUT2D eigenvalue weighted by Crippen LogP contribution is 2.35. The van der Waals surface area contributed by atoms with Gasteiger partial charge in [0.25, 0.3) is 5.56 Å². The Morgan fingerprint density at radius 1 is 1.00 bits per heavy atom. The summed E-state index contributed by atoms with van der Waals surface area (Å²) in [5.41, 5.74) is 3.85. The number of hydrogen-bond donors (Lipinski definition) is 0. The van der Waals surface area contributed by atoms with Gasteiger partial charge in [-0.2, -0.15) is 0 Å². The van der Waals surface area contributed by atoms with Crippen LogP contribution in [0.2, 0.25) is 0 Å². The standard InChI is InChI=1S/C26H26N2OS/c1-18(20-12-6-3-7-13-20)24-27-25-23(21-14-8-9-15-22(21)30-25)26(29)28(24)17-16-19-10-4-2-5-11-19/h2-7,10-13,18H,8-9,14-17H2,1H3/t18-/m0/s1. The molecule has 152 valence electrons. The summed E-state index contributed by atoms with van der Waals surface area (Å²) in [5.74, 6) is 0.950. The van der Waals surface area contributed by atoms with Crippen LogP contribution >= 0.6 is 11.3 Å². The molecule has 0 spiro atoms. The minimum Gasteiger partial charge on any atom is -0.295 e. The van der Waals surface area contributed by atoms with Gasteiger partial charge in [-0.05, 0) is 48.8 Å². The van der Waals surface area contributed by atoms with E-state index in [0.29, 0.717) is 6.54 Å². The van der Waals surface area contributed by atoms with Crippen LogP contribution in [-0.4, -0.2) is 9.55 Å². The van der Waals surface area contributed by atoms with E-state index in [4.69, 9.17) is 4.98 Å². The van der Waals surface area contributed by atoms with Crippen LogP contribution in [0.3, 0.4) is 0 Å². The van der Waals surface area contributed by atoms with E-state index in [-0.39, 0.29) is 11.5 Å². The molecule has 2 heterocycles. The summed E-state index contributed by atoms with van der Waals surface area (Å²) < 4.78 is 1.95. The first kappa shape index (κ1) is 19.3. The largest absolute Gasteiger partial charge is 0.295 e. The third kappa shape index (κ3) is 3.50. The van der Waals surface area contributed by atoms with Crippen LogP contribution < -0.4 is 5.56 Å². The number of nitrogens with zero attached hydrogens (tertiary/aromatic N) is 2. The fourth-order valence-electron chi connectivity index (χ4n) is 4.58. The van der Waals surface area contributed by atoms with Gasteiger partial charge in [-0.15, -0.1) is 11.3 Å². The van der Waals surface area contributed by atoms with Gasteiger partial charge in [0.15, 0.2) is 0 Å². The lowest BCUT2D eigenvalue weighted by atomic mass is 9.96. The molecule has 2 aromatic carbocycles. The molecular weight excluding hydrogens is 388 g/mol. The van der Waals surface area contributed by atoms with Gasteiger partial charge in [0, 0.05) is 17.3 Å². The van der Waals surface area contributed by atoms with Crippen LogP contribution in [0, 0.1) is 0 Å². The number of fused-ring (bicyclic) bond motifs is 3. The van der Waals surface area contributed by atoms with Crippen molar-refractivity contribution >= 4 is 21.6 Å². The van der Waals surface area contributed by atoms with E-state index in [1.54, 1.807) is 11.3 Å². The maximum Gasteiger partial charge on any atom is 0.262 e. The minimum atomic E-state index is 0.0678. The van der Waals surface area contributed by atoms with E-state index >= 15 is 0 Å². The summed E-state index contributed by atoms with van der Waals surface area (Å²) in [4.78, 5) is 21.2. The number of hydrogen-bond acceptors (Lipinski definition) is 3. The smallest absolute Gasteiger partial charge is 0.262 e. The summed E-state index contributed by atoms with van der Waals surface area (Å²) in [5, 5.41) is 0.881. The van der Waals surface area contributed by atoms with Gasteiger partial charge in [-0.25, -0.2) is 4.98 Å². The van der Waals surface area contributed by atoms with Crippen LogP contribution in [0.5, 0.6) is 0 Å². The molecule has 0 fully saturated rings. The molecule has 30 heavy (non-hydrogen) atoms. The molecule has 3 nitrogen and oxygen atoms in total. The molecule has 0 aliphatic heterocycles. The van der Waals surface area contributed by atoms with E-state index in [2.05, 4.69) is 55.5 Å². The zero-order valence-corrected chi connectivity index (χ0v) is 18.1. The average molecular weight is 415 g/mol. The Balaban J connectivity index is 1.65. The summed E-state index contributed by atoms with van der Waals surface area (Å²) in [6.45, 7) is 2.82. The van der Waals surface area contributed by atoms with Crippen LogP contribution in [0.25, 0.3) is 10.2 Å². The van der Waals surface area contributed by atoms with Crippen LogP contribution in [-0.2, 0) is 25.8 Å². The van der Waals surface area contributed by atoms with Crippen molar-refractivity contribution in [1.29, 1.82) is 0 Å². The molecule has 4 aromatic rings. The molecular formula is C26H26N2OS. The molecule has 1 atom stereocenters. The van der Waals surface area contributed by atoms with Crippen molar-refractivity contribution in [3.8, 4) is 0 Å².